The van der Waals surface area contributed by atoms with Crippen molar-refractivity contribution in [3.63, 3.8) is 0 Å². The first kappa shape index (κ1) is 16.0. The Balaban J connectivity index is 1.58. The van der Waals surface area contributed by atoms with E-state index in [0.29, 0.717) is 34.2 Å². The molecule has 4 aromatic rings. The minimum absolute atomic E-state index is 0.0422. The van der Waals surface area contributed by atoms with Gasteiger partial charge in [-0.05, 0) is 34.0 Å². The molecule has 0 amide bonds. The smallest absolute Gasteiger partial charge is 0.261 e. The van der Waals surface area contributed by atoms with Gasteiger partial charge in [0.1, 0.15) is 5.82 Å². The van der Waals surface area contributed by atoms with Crippen molar-refractivity contribution < 1.29 is 0 Å². The van der Waals surface area contributed by atoms with Gasteiger partial charge >= 0.3 is 0 Å². The molecule has 0 saturated heterocycles. The number of rotatable bonds is 5. The quantitative estimate of drug-likeness (QED) is 0.502. The first-order chi connectivity index (χ1) is 12.2. The summed E-state index contributed by atoms with van der Waals surface area (Å²) in [6, 6.07) is 11.4. The Morgan fingerprint density at radius 3 is 2.92 bits per heavy atom. The first-order valence-electron chi connectivity index (χ1n) is 7.58. The summed E-state index contributed by atoms with van der Waals surface area (Å²) in [7, 11) is 1.74. The van der Waals surface area contributed by atoms with Crippen LogP contribution in [0.4, 0.5) is 0 Å². The normalized spacial score (nSPS) is 11.2. The molecular formula is C16H14N6OS2. The molecule has 0 radical (unpaired) electrons. The number of fused-ring (bicyclic) bond motifs is 1. The summed E-state index contributed by atoms with van der Waals surface area (Å²) in [6.07, 6.45) is 0. The third-order valence-electron chi connectivity index (χ3n) is 3.79. The summed E-state index contributed by atoms with van der Waals surface area (Å²) in [5, 5.41) is 15.2. The third kappa shape index (κ3) is 3.20. The van der Waals surface area contributed by atoms with E-state index in [1.54, 1.807) is 33.7 Å². The summed E-state index contributed by atoms with van der Waals surface area (Å²) in [4.78, 5) is 18.3. The topological polar surface area (TPSA) is 78.5 Å². The Labute approximate surface area is 151 Å². The van der Waals surface area contributed by atoms with Gasteiger partial charge in [0.2, 0.25) is 5.16 Å². The van der Waals surface area contributed by atoms with Crippen molar-refractivity contribution in [3.05, 3.63) is 62.8 Å². The van der Waals surface area contributed by atoms with Gasteiger partial charge in [0.25, 0.3) is 5.56 Å². The Morgan fingerprint density at radius 2 is 2.08 bits per heavy atom. The fourth-order valence-corrected chi connectivity index (χ4v) is 4.02. The van der Waals surface area contributed by atoms with Gasteiger partial charge in [-0.25, -0.2) is 9.67 Å². The van der Waals surface area contributed by atoms with Crippen molar-refractivity contribution in [2.45, 2.75) is 17.5 Å². The Bertz CT molecular complexity index is 1070. The second-order valence-electron chi connectivity index (χ2n) is 5.40. The van der Waals surface area contributed by atoms with Crippen LogP contribution in [-0.2, 0) is 19.3 Å². The van der Waals surface area contributed by atoms with Crippen molar-refractivity contribution in [1.29, 1.82) is 0 Å². The van der Waals surface area contributed by atoms with E-state index in [9.17, 15) is 4.79 Å². The van der Waals surface area contributed by atoms with Crippen LogP contribution in [0.25, 0.3) is 10.9 Å². The van der Waals surface area contributed by atoms with Crippen LogP contribution in [-0.4, -0.2) is 29.8 Å². The van der Waals surface area contributed by atoms with Crippen LogP contribution in [0.5, 0.6) is 0 Å². The SMILES string of the molecule is Cn1c(CSc2nnnn2Cc2cccs2)nc2ccccc2c1=O. The minimum atomic E-state index is -0.0422. The lowest BCUT2D eigenvalue weighted by molar-refractivity contribution is 0.608. The number of thioether (sulfide) groups is 1. The lowest BCUT2D eigenvalue weighted by Crippen LogP contribution is -2.22. The highest BCUT2D eigenvalue weighted by Gasteiger charge is 2.12. The fourth-order valence-electron chi connectivity index (χ4n) is 2.47. The molecule has 3 aromatic heterocycles. The third-order valence-corrected chi connectivity index (χ3v) is 5.61. The molecule has 25 heavy (non-hydrogen) atoms. The maximum atomic E-state index is 12.5. The van der Waals surface area contributed by atoms with E-state index in [0.717, 1.165) is 0 Å². The second-order valence-corrected chi connectivity index (χ2v) is 7.37. The lowest BCUT2D eigenvalue weighted by atomic mass is 10.2. The molecular weight excluding hydrogens is 356 g/mol. The zero-order chi connectivity index (χ0) is 17.2. The summed E-state index contributed by atoms with van der Waals surface area (Å²) < 4.78 is 3.35. The van der Waals surface area contributed by atoms with Crippen LogP contribution < -0.4 is 5.56 Å². The van der Waals surface area contributed by atoms with Crippen LogP contribution in [0.15, 0.2) is 51.7 Å². The van der Waals surface area contributed by atoms with E-state index in [4.69, 9.17) is 0 Å². The molecule has 4 rings (SSSR count). The zero-order valence-corrected chi connectivity index (χ0v) is 15.0. The number of hydrogen-bond donors (Lipinski definition) is 0. The fraction of sp³-hybridized carbons (Fsp3) is 0.188. The molecule has 0 aliphatic rings. The van der Waals surface area contributed by atoms with E-state index in [1.165, 1.54) is 16.6 Å². The molecule has 0 atom stereocenters. The highest BCUT2D eigenvalue weighted by atomic mass is 32.2. The Hall–Kier alpha value is -2.52. The van der Waals surface area contributed by atoms with Gasteiger partial charge in [-0.15, -0.1) is 16.4 Å². The molecule has 7 nitrogen and oxygen atoms in total. The lowest BCUT2D eigenvalue weighted by Gasteiger charge is -2.08. The average Bonchev–Trinajstić information content (AvgIpc) is 3.29. The molecule has 0 fully saturated rings. The van der Waals surface area contributed by atoms with Gasteiger partial charge in [-0.1, -0.05) is 30.0 Å². The predicted octanol–water partition coefficient (Wildman–Crippen LogP) is 2.32. The van der Waals surface area contributed by atoms with Gasteiger partial charge in [-0.3, -0.25) is 9.36 Å². The van der Waals surface area contributed by atoms with Gasteiger partial charge in [0.15, 0.2) is 0 Å². The molecule has 9 heteroatoms. The Kier molecular flexibility index (Phi) is 4.33. The number of aromatic nitrogens is 6. The van der Waals surface area contributed by atoms with Crippen molar-refractivity contribution in [1.82, 2.24) is 29.8 Å². The number of thiophene rings is 1. The van der Waals surface area contributed by atoms with Crippen molar-refractivity contribution >= 4 is 34.0 Å². The number of nitrogens with zero attached hydrogens (tertiary/aromatic N) is 6. The van der Waals surface area contributed by atoms with Gasteiger partial charge in [0, 0.05) is 11.9 Å². The maximum absolute atomic E-state index is 12.5. The summed E-state index contributed by atoms with van der Waals surface area (Å²) in [5.41, 5.74) is 0.666. The van der Waals surface area contributed by atoms with Gasteiger partial charge in [-0.2, -0.15) is 0 Å². The monoisotopic (exact) mass is 370 g/mol. The number of hydrogen-bond acceptors (Lipinski definition) is 7. The standard InChI is InChI=1S/C16H14N6OS2/c1-21-14(17-13-7-3-2-6-12(13)15(21)23)10-25-16-18-19-20-22(16)9-11-5-4-8-24-11/h2-8H,9-10H2,1H3. The van der Waals surface area contributed by atoms with Gasteiger partial charge in [0.05, 0.1) is 23.2 Å². The number of para-hydroxylation sites is 1. The van der Waals surface area contributed by atoms with E-state index in [-0.39, 0.29) is 5.56 Å². The molecule has 0 unspecified atom stereocenters. The molecule has 0 N–H and O–H groups in total. The van der Waals surface area contributed by atoms with Crippen molar-refractivity contribution in [2.24, 2.45) is 7.05 Å². The van der Waals surface area contributed by atoms with Crippen LogP contribution in [0.2, 0.25) is 0 Å². The van der Waals surface area contributed by atoms with Crippen LogP contribution >= 0.6 is 23.1 Å². The zero-order valence-electron chi connectivity index (χ0n) is 13.4. The van der Waals surface area contributed by atoms with Crippen LogP contribution in [0, 0.1) is 0 Å². The molecule has 0 bridgehead atoms. The summed E-state index contributed by atoms with van der Waals surface area (Å²) >= 11 is 3.14. The van der Waals surface area contributed by atoms with Crippen LogP contribution in [0.3, 0.4) is 0 Å². The highest BCUT2D eigenvalue weighted by molar-refractivity contribution is 7.98. The second kappa shape index (κ2) is 6.77. The average molecular weight is 370 g/mol. The summed E-state index contributed by atoms with van der Waals surface area (Å²) in [5.74, 6) is 1.21. The number of benzene rings is 1. The molecule has 0 saturated carbocycles. The minimum Gasteiger partial charge on any atom is -0.299 e. The Morgan fingerprint density at radius 1 is 1.20 bits per heavy atom. The molecule has 0 aliphatic heterocycles. The molecule has 0 spiro atoms. The molecule has 1 aromatic carbocycles. The van der Waals surface area contributed by atoms with Crippen molar-refractivity contribution in [3.8, 4) is 0 Å². The molecule has 0 aliphatic carbocycles. The van der Waals surface area contributed by atoms with E-state index < -0.39 is 0 Å². The number of tetrazole rings is 1. The highest BCUT2D eigenvalue weighted by Crippen LogP contribution is 2.21. The molecule has 126 valence electrons. The summed E-state index contributed by atoms with van der Waals surface area (Å²) in [6.45, 7) is 0.636. The molecule has 3 heterocycles. The van der Waals surface area contributed by atoms with E-state index >= 15 is 0 Å². The van der Waals surface area contributed by atoms with Gasteiger partial charge < -0.3 is 0 Å². The first-order valence-corrected chi connectivity index (χ1v) is 9.45. The van der Waals surface area contributed by atoms with Crippen LogP contribution in [0.1, 0.15) is 10.7 Å². The van der Waals surface area contributed by atoms with E-state index in [1.807, 2.05) is 29.6 Å². The predicted molar refractivity (Wildman–Crippen MR) is 97.8 cm³/mol. The largest absolute Gasteiger partial charge is 0.299 e. The van der Waals surface area contributed by atoms with Crippen molar-refractivity contribution in [2.75, 3.05) is 0 Å². The van der Waals surface area contributed by atoms with E-state index in [2.05, 4.69) is 26.6 Å². The maximum Gasteiger partial charge on any atom is 0.261 e.